The van der Waals surface area contributed by atoms with Crippen LogP contribution in [0.2, 0.25) is 0 Å². The minimum atomic E-state index is -3.23. The van der Waals surface area contributed by atoms with Gasteiger partial charge in [0.25, 0.3) is 0 Å². The number of sulfone groups is 1. The molecule has 1 aromatic rings. The Balaban J connectivity index is 2.21. The van der Waals surface area contributed by atoms with E-state index < -0.39 is 9.84 Å². The van der Waals surface area contributed by atoms with Crippen molar-refractivity contribution < 1.29 is 13.2 Å². The molecule has 4 nitrogen and oxygen atoms in total. The minimum absolute atomic E-state index is 0.319. The molecule has 100 valence electrons. The summed E-state index contributed by atoms with van der Waals surface area (Å²) in [4.78, 5) is 0.468. The Kier molecular flexibility index (Phi) is 4.37. The molecule has 0 spiro atoms. The average Bonchev–Trinajstić information content (AvgIpc) is 2.27. The molecule has 0 aliphatic carbocycles. The molecule has 1 aliphatic rings. The molecule has 0 amide bonds. The van der Waals surface area contributed by atoms with Crippen molar-refractivity contribution in [3.8, 4) is 0 Å². The molecule has 1 fully saturated rings. The fourth-order valence-electron chi connectivity index (χ4n) is 2.02. The van der Waals surface area contributed by atoms with Crippen molar-refractivity contribution in [1.29, 1.82) is 0 Å². The second kappa shape index (κ2) is 5.82. The lowest BCUT2D eigenvalue weighted by molar-refractivity contribution is 0.0416. The van der Waals surface area contributed by atoms with Gasteiger partial charge in [0, 0.05) is 0 Å². The molecule has 2 rings (SSSR count). The molecule has 1 aromatic carbocycles. The molecular formula is C13H19NO3S. The van der Waals surface area contributed by atoms with Crippen LogP contribution in [-0.4, -0.2) is 33.4 Å². The Morgan fingerprint density at radius 3 is 2.56 bits per heavy atom. The summed E-state index contributed by atoms with van der Waals surface area (Å²) >= 11 is 0. The molecule has 2 N–H and O–H groups in total. The molecule has 0 unspecified atom stereocenters. The Bertz CT molecular complexity index is 495. The lowest BCUT2D eigenvalue weighted by Gasteiger charge is -2.26. The van der Waals surface area contributed by atoms with Crippen molar-refractivity contribution >= 4 is 9.84 Å². The van der Waals surface area contributed by atoms with Gasteiger partial charge in [0.1, 0.15) is 5.25 Å². The fraction of sp³-hybridized carbons (Fsp3) is 0.538. The second-order valence-corrected chi connectivity index (χ2v) is 6.75. The second-order valence-electron chi connectivity index (χ2n) is 4.56. The summed E-state index contributed by atoms with van der Waals surface area (Å²) < 4.78 is 29.7. The van der Waals surface area contributed by atoms with Crippen LogP contribution in [0.25, 0.3) is 0 Å². The normalized spacial score (nSPS) is 16.5. The van der Waals surface area contributed by atoms with Gasteiger partial charge in [-0.1, -0.05) is 18.2 Å². The summed E-state index contributed by atoms with van der Waals surface area (Å²) in [5.41, 5.74) is 6.36. The summed E-state index contributed by atoms with van der Waals surface area (Å²) in [7, 11) is -3.23. The van der Waals surface area contributed by atoms with E-state index in [1.807, 2.05) is 12.1 Å². The summed E-state index contributed by atoms with van der Waals surface area (Å²) in [6.07, 6.45) is 2.60. The van der Waals surface area contributed by atoms with Gasteiger partial charge >= 0.3 is 0 Å². The van der Waals surface area contributed by atoms with Gasteiger partial charge < -0.3 is 10.5 Å². The predicted octanol–water partition coefficient (Wildman–Crippen LogP) is 1.14. The molecule has 0 aromatic heterocycles. The topological polar surface area (TPSA) is 69.4 Å². The number of unbranched alkanes of at least 4 members (excludes halogenated alkanes) is 1. The van der Waals surface area contributed by atoms with Crippen LogP contribution in [0.1, 0.15) is 18.4 Å². The Morgan fingerprint density at radius 2 is 1.94 bits per heavy atom. The first-order valence-electron chi connectivity index (χ1n) is 6.26. The number of rotatable bonds is 6. The number of hydrogen-bond donors (Lipinski definition) is 1. The molecule has 5 heteroatoms. The van der Waals surface area contributed by atoms with Gasteiger partial charge in [0.2, 0.25) is 0 Å². The molecular weight excluding hydrogens is 250 g/mol. The maximum Gasteiger partial charge on any atom is 0.186 e. The van der Waals surface area contributed by atoms with Crippen molar-refractivity contribution in [2.75, 3.05) is 19.8 Å². The van der Waals surface area contributed by atoms with Crippen molar-refractivity contribution in [2.45, 2.75) is 29.4 Å². The van der Waals surface area contributed by atoms with Gasteiger partial charge in [0.15, 0.2) is 9.84 Å². The van der Waals surface area contributed by atoms with E-state index in [0.29, 0.717) is 24.7 Å². The highest BCUT2D eigenvalue weighted by Gasteiger charge is 2.34. The van der Waals surface area contributed by atoms with Crippen LogP contribution in [0, 0.1) is 0 Å². The SMILES string of the molecule is NCCCCc1ccccc1S(=O)(=O)C1COC1. The Morgan fingerprint density at radius 1 is 1.22 bits per heavy atom. The first-order valence-corrected chi connectivity index (χ1v) is 7.80. The summed E-state index contributed by atoms with van der Waals surface area (Å²) in [5, 5.41) is -0.367. The van der Waals surface area contributed by atoms with Crippen LogP contribution >= 0.6 is 0 Å². The third-order valence-electron chi connectivity index (χ3n) is 3.23. The van der Waals surface area contributed by atoms with E-state index in [9.17, 15) is 8.42 Å². The van der Waals surface area contributed by atoms with Crippen LogP contribution in [0.15, 0.2) is 29.2 Å². The molecule has 1 aliphatic heterocycles. The maximum atomic E-state index is 12.4. The molecule has 0 bridgehead atoms. The van der Waals surface area contributed by atoms with Crippen LogP contribution in [0.5, 0.6) is 0 Å². The first-order chi connectivity index (χ1) is 8.66. The first kappa shape index (κ1) is 13.5. The molecule has 0 saturated carbocycles. The van der Waals surface area contributed by atoms with E-state index in [4.69, 9.17) is 10.5 Å². The van der Waals surface area contributed by atoms with Crippen LogP contribution < -0.4 is 5.73 Å². The highest BCUT2D eigenvalue weighted by Crippen LogP contribution is 2.25. The van der Waals surface area contributed by atoms with E-state index in [2.05, 4.69) is 0 Å². The predicted molar refractivity (Wildman–Crippen MR) is 70.2 cm³/mol. The van der Waals surface area contributed by atoms with Crippen LogP contribution in [0.4, 0.5) is 0 Å². The van der Waals surface area contributed by atoms with Crippen molar-refractivity contribution in [1.82, 2.24) is 0 Å². The summed E-state index contributed by atoms with van der Waals surface area (Å²) in [6, 6.07) is 7.25. The molecule has 1 saturated heterocycles. The molecule has 0 atom stereocenters. The van der Waals surface area contributed by atoms with E-state index >= 15 is 0 Å². The number of benzene rings is 1. The van der Waals surface area contributed by atoms with Gasteiger partial charge in [0.05, 0.1) is 18.1 Å². The zero-order chi connectivity index (χ0) is 13.0. The standard InChI is InChI=1S/C13H19NO3S/c14-8-4-3-6-11-5-1-2-7-13(11)18(15,16)12-9-17-10-12/h1-2,5,7,12H,3-4,6,8-10,14H2. The number of nitrogens with two attached hydrogens (primary N) is 1. The van der Waals surface area contributed by atoms with Gasteiger partial charge in [-0.3, -0.25) is 0 Å². The van der Waals surface area contributed by atoms with Crippen LogP contribution in [0.3, 0.4) is 0 Å². The van der Waals surface area contributed by atoms with Crippen LogP contribution in [-0.2, 0) is 21.0 Å². The highest BCUT2D eigenvalue weighted by molar-refractivity contribution is 7.92. The molecule has 18 heavy (non-hydrogen) atoms. The third kappa shape index (κ3) is 2.74. The van der Waals surface area contributed by atoms with Gasteiger partial charge in [-0.15, -0.1) is 0 Å². The Labute approximate surface area is 108 Å². The van der Waals surface area contributed by atoms with Crippen molar-refractivity contribution in [3.63, 3.8) is 0 Å². The zero-order valence-electron chi connectivity index (χ0n) is 10.3. The van der Waals surface area contributed by atoms with Gasteiger partial charge in [-0.2, -0.15) is 0 Å². The van der Waals surface area contributed by atoms with E-state index in [1.54, 1.807) is 12.1 Å². The van der Waals surface area contributed by atoms with Gasteiger partial charge in [-0.05, 0) is 37.4 Å². The van der Waals surface area contributed by atoms with Crippen molar-refractivity contribution in [2.24, 2.45) is 5.73 Å². The number of ether oxygens (including phenoxy) is 1. The molecule has 1 heterocycles. The average molecular weight is 269 g/mol. The number of hydrogen-bond acceptors (Lipinski definition) is 4. The smallest absolute Gasteiger partial charge is 0.186 e. The molecule has 0 radical (unpaired) electrons. The van der Waals surface area contributed by atoms with E-state index in [1.165, 1.54) is 0 Å². The number of aryl methyl sites for hydroxylation is 1. The zero-order valence-corrected chi connectivity index (χ0v) is 11.2. The monoisotopic (exact) mass is 269 g/mol. The van der Waals surface area contributed by atoms with Crippen molar-refractivity contribution in [3.05, 3.63) is 29.8 Å². The largest absolute Gasteiger partial charge is 0.379 e. The van der Waals surface area contributed by atoms with Gasteiger partial charge in [-0.25, -0.2) is 8.42 Å². The minimum Gasteiger partial charge on any atom is -0.379 e. The summed E-state index contributed by atoms with van der Waals surface area (Å²) in [5.74, 6) is 0. The summed E-state index contributed by atoms with van der Waals surface area (Å²) in [6.45, 7) is 1.28. The lowest BCUT2D eigenvalue weighted by Crippen LogP contribution is -2.40. The fourth-order valence-corrected chi connectivity index (χ4v) is 3.73. The quantitative estimate of drug-likeness (QED) is 0.786. The maximum absolute atomic E-state index is 12.4. The lowest BCUT2D eigenvalue weighted by atomic mass is 10.1. The van der Waals surface area contributed by atoms with E-state index in [-0.39, 0.29) is 5.25 Å². The Hall–Kier alpha value is -0.910. The third-order valence-corrected chi connectivity index (χ3v) is 5.39. The van der Waals surface area contributed by atoms with E-state index in [0.717, 1.165) is 24.8 Å². The highest BCUT2D eigenvalue weighted by atomic mass is 32.2.